The molecule has 214 valence electrons. The molecule has 2 aromatic carbocycles. The lowest BCUT2D eigenvalue weighted by Gasteiger charge is -2.20. The number of benzene rings is 2. The molecule has 1 aromatic heterocycles. The number of amides is 2. The summed E-state index contributed by atoms with van der Waals surface area (Å²) < 4.78 is 12.7. The lowest BCUT2D eigenvalue weighted by Crippen LogP contribution is -2.41. The average molecular weight is 580 g/mol. The van der Waals surface area contributed by atoms with Gasteiger partial charge in [-0.1, -0.05) is 6.07 Å². The molecule has 1 fully saturated rings. The number of nitrogens with one attached hydrogen (secondary N) is 2. The van der Waals surface area contributed by atoms with E-state index in [-0.39, 0.29) is 18.6 Å². The van der Waals surface area contributed by atoms with Crippen LogP contribution in [-0.4, -0.2) is 65.7 Å². The number of cyclic esters (lactones) is 1. The molecule has 3 heterocycles. The van der Waals surface area contributed by atoms with E-state index in [0.29, 0.717) is 59.6 Å². The highest BCUT2D eigenvalue weighted by Crippen LogP contribution is 2.35. The van der Waals surface area contributed by atoms with Gasteiger partial charge in [0.2, 0.25) is 5.91 Å². The number of anilines is 2. The number of thioether (sulfide) groups is 1. The van der Waals surface area contributed by atoms with Gasteiger partial charge in [0, 0.05) is 36.8 Å². The Morgan fingerprint density at radius 3 is 2.80 bits per heavy atom. The molecule has 2 aliphatic heterocycles. The van der Waals surface area contributed by atoms with E-state index < -0.39 is 23.3 Å². The maximum absolute atomic E-state index is 13.1. The summed E-state index contributed by atoms with van der Waals surface area (Å²) in [6, 6.07) is 10.5. The molecule has 0 bridgehead atoms. The highest BCUT2D eigenvalue weighted by molar-refractivity contribution is 8.00. The van der Waals surface area contributed by atoms with Crippen LogP contribution in [0.15, 0.2) is 57.0 Å². The zero-order chi connectivity index (χ0) is 29.1. The molecule has 1 saturated heterocycles. The van der Waals surface area contributed by atoms with Crippen LogP contribution >= 0.6 is 11.8 Å². The van der Waals surface area contributed by atoms with Gasteiger partial charge >= 0.3 is 17.8 Å². The first-order valence-electron chi connectivity index (χ1n) is 13.0. The monoisotopic (exact) mass is 579 g/mol. The number of carbonyl (C=O) groups is 3. The highest BCUT2D eigenvalue weighted by Gasteiger charge is 2.32. The summed E-state index contributed by atoms with van der Waals surface area (Å²) >= 11 is 1.46. The number of esters is 1. The molecule has 2 amide bonds. The summed E-state index contributed by atoms with van der Waals surface area (Å²) in [5.74, 6) is -0.207. The minimum absolute atomic E-state index is 0.0737. The molecule has 0 radical (unpaired) electrons. The molecule has 0 aliphatic carbocycles. The Morgan fingerprint density at radius 2 is 2.00 bits per heavy atom. The summed E-state index contributed by atoms with van der Waals surface area (Å²) in [6.45, 7) is 1.43. The second kappa shape index (κ2) is 12.0. The zero-order valence-corrected chi connectivity index (χ0v) is 23.4. The minimum atomic E-state index is -0.504. The van der Waals surface area contributed by atoms with E-state index in [9.17, 15) is 24.0 Å². The highest BCUT2D eigenvalue weighted by atomic mass is 32.2. The Labute approximate surface area is 238 Å². The second-order valence-corrected chi connectivity index (χ2v) is 10.6. The fourth-order valence-corrected chi connectivity index (χ4v) is 5.55. The van der Waals surface area contributed by atoms with E-state index in [1.165, 1.54) is 34.1 Å². The number of methoxy groups -OCH3 is 1. The van der Waals surface area contributed by atoms with Crippen LogP contribution in [-0.2, 0) is 32.7 Å². The summed E-state index contributed by atoms with van der Waals surface area (Å²) in [4.78, 5) is 64.1. The van der Waals surface area contributed by atoms with Gasteiger partial charge in [0.05, 0.1) is 36.0 Å². The summed E-state index contributed by atoms with van der Waals surface area (Å²) in [5, 5.41) is 6.44. The molecule has 13 heteroatoms. The fourth-order valence-electron chi connectivity index (χ4n) is 4.76. The SMILES string of the molecule is COC(=O)C=Cc1ccc2c(=O)n(CCNCCC3CN(c4ccc5c(c4)NC(=O)CS5)C(=O)O3)c(=O)n(C)c2c1. The van der Waals surface area contributed by atoms with E-state index in [1.807, 2.05) is 12.1 Å². The van der Waals surface area contributed by atoms with Crippen molar-refractivity contribution in [1.82, 2.24) is 14.5 Å². The van der Waals surface area contributed by atoms with Gasteiger partial charge < -0.3 is 20.1 Å². The molecule has 5 rings (SSSR count). The summed E-state index contributed by atoms with van der Waals surface area (Å²) in [5.41, 5.74) is 1.62. The molecule has 2 N–H and O–H groups in total. The molecule has 2 aliphatic rings. The van der Waals surface area contributed by atoms with Gasteiger partial charge in [0.25, 0.3) is 5.56 Å². The molecule has 12 nitrogen and oxygen atoms in total. The van der Waals surface area contributed by atoms with Crippen molar-refractivity contribution in [2.45, 2.75) is 24.0 Å². The quantitative estimate of drug-likeness (QED) is 0.221. The van der Waals surface area contributed by atoms with Crippen molar-refractivity contribution in [3.8, 4) is 0 Å². The first kappa shape index (κ1) is 28.2. The lowest BCUT2D eigenvalue weighted by molar-refractivity contribution is -0.134. The van der Waals surface area contributed by atoms with E-state index >= 15 is 0 Å². The number of ether oxygens (including phenoxy) is 2. The van der Waals surface area contributed by atoms with Crippen molar-refractivity contribution in [3.63, 3.8) is 0 Å². The molecule has 41 heavy (non-hydrogen) atoms. The van der Waals surface area contributed by atoms with Crippen molar-refractivity contribution >= 4 is 58.1 Å². The van der Waals surface area contributed by atoms with Crippen LogP contribution < -0.4 is 26.8 Å². The molecule has 0 saturated carbocycles. The Bertz CT molecular complexity index is 1680. The Kier molecular flexibility index (Phi) is 8.26. The Hall–Kier alpha value is -4.36. The first-order chi connectivity index (χ1) is 19.7. The normalized spacial score (nSPS) is 16.6. The lowest BCUT2D eigenvalue weighted by atomic mass is 10.1. The smallest absolute Gasteiger partial charge is 0.414 e. The van der Waals surface area contributed by atoms with Gasteiger partial charge in [-0.3, -0.25) is 23.6 Å². The third kappa shape index (κ3) is 6.05. The number of carbonyl (C=O) groups excluding carboxylic acids is 3. The maximum Gasteiger partial charge on any atom is 0.414 e. The van der Waals surface area contributed by atoms with Crippen LogP contribution in [0.4, 0.5) is 16.2 Å². The second-order valence-electron chi connectivity index (χ2n) is 9.60. The van der Waals surface area contributed by atoms with Crippen molar-refractivity contribution in [2.24, 2.45) is 7.05 Å². The van der Waals surface area contributed by atoms with Crippen LogP contribution in [0.25, 0.3) is 17.0 Å². The molecule has 1 unspecified atom stereocenters. The van der Waals surface area contributed by atoms with Crippen LogP contribution in [0.5, 0.6) is 0 Å². The summed E-state index contributed by atoms with van der Waals surface area (Å²) in [7, 11) is 2.88. The van der Waals surface area contributed by atoms with Gasteiger partial charge in [-0.2, -0.15) is 0 Å². The zero-order valence-electron chi connectivity index (χ0n) is 22.5. The van der Waals surface area contributed by atoms with E-state index in [0.717, 1.165) is 4.90 Å². The predicted molar refractivity (Wildman–Crippen MR) is 155 cm³/mol. The number of hydrogen-bond acceptors (Lipinski definition) is 9. The number of aryl methyl sites for hydroxylation is 1. The number of nitrogens with zero attached hydrogens (tertiary/aromatic N) is 3. The number of rotatable bonds is 9. The van der Waals surface area contributed by atoms with Crippen molar-refractivity contribution in [3.05, 3.63) is 68.9 Å². The molecule has 0 spiro atoms. The maximum atomic E-state index is 13.1. The topological polar surface area (TPSA) is 141 Å². The van der Waals surface area contributed by atoms with Gasteiger partial charge in [0.1, 0.15) is 6.10 Å². The van der Waals surface area contributed by atoms with Crippen LogP contribution in [0, 0.1) is 0 Å². The standard InChI is InChI=1S/C28H29N5O7S/c1-31-22-13-17(4-8-25(35)39-2)3-6-20(22)26(36)32(27(31)37)12-11-29-10-9-19-15-33(28(38)40-19)18-5-7-23-21(14-18)30-24(34)16-41-23/h3-8,13-14,19,29H,9-12,15-16H2,1-2H3,(H,30,34). The predicted octanol–water partition coefficient (Wildman–Crippen LogP) is 1.94. The first-order valence-corrected chi connectivity index (χ1v) is 14.0. The van der Waals surface area contributed by atoms with Crippen LogP contribution in [0.3, 0.4) is 0 Å². The van der Waals surface area contributed by atoms with E-state index in [1.54, 1.807) is 42.3 Å². The van der Waals surface area contributed by atoms with Crippen molar-refractivity contribution < 1.29 is 23.9 Å². The van der Waals surface area contributed by atoms with Crippen LogP contribution in [0.2, 0.25) is 0 Å². The fraction of sp³-hybridized carbons (Fsp3) is 0.321. The van der Waals surface area contributed by atoms with E-state index in [2.05, 4.69) is 15.4 Å². The molecular formula is C28H29N5O7S. The number of aromatic nitrogens is 2. The van der Waals surface area contributed by atoms with Crippen molar-refractivity contribution in [2.75, 3.05) is 42.7 Å². The molecule has 3 aromatic rings. The third-order valence-electron chi connectivity index (χ3n) is 6.93. The van der Waals surface area contributed by atoms with E-state index in [4.69, 9.17) is 4.74 Å². The Morgan fingerprint density at radius 1 is 1.17 bits per heavy atom. The van der Waals surface area contributed by atoms with Gasteiger partial charge in [-0.15, -0.1) is 11.8 Å². The van der Waals surface area contributed by atoms with Gasteiger partial charge in [-0.25, -0.2) is 14.4 Å². The average Bonchev–Trinajstić information content (AvgIpc) is 3.35. The van der Waals surface area contributed by atoms with Gasteiger partial charge in [-0.05, 0) is 54.9 Å². The summed E-state index contributed by atoms with van der Waals surface area (Å²) in [6.07, 6.45) is 2.60. The number of fused-ring (bicyclic) bond motifs is 2. The number of hydrogen-bond donors (Lipinski definition) is 2. The minimum Gasteiger partial charge on any atom is -0.466 e. The Balaban J connectivity index is 1.16. The molecule has 1 atom stereocenters. The largest absolute Gasteiger partial charge is 0.466 e. The van der Waals surface area contributed by atoms with Crippen molar-refractivity contribution in [1.29, 1.82) is 0 Å². The molecular weight excluding hydrogens is 550 g/mol. The van der Waals surface area contributed by atoms with Crippen LogP contribution in [0.1, 0.15) is 12.0 Å². The third-order valence-corrected chi connectivity index (χ3v) is 8.00. The van der Waals surface area contributed by atoms with Gasteiger partial charge in [0.15, 0.2) is 0 Å².